The molecule has 0 radical (unpaired) electrons. The molecule has 0 bridgehead atoms. The van der Waals surface area contributed by atoms with Gasteiger partial charge in [0, 0.05) is 6.20 Å². The average Bonchev–Trinajstić information content (AvgIpc) is 2.39. The zero-order chi connectivity index (χ0) is 13.8. The Labute approximate surface area is 112 Å². The highest BCUT2D eigenvalue weighted by Crippen LogP contribution is 2.14. The van der Waals surface area contributed by atoms with Gasteiger partial charge in [0.2, 0.25) is 0 Å². The van der Waals surface area contributed by atoms with Gasteiger partial charge < -0.3 is 10.4 Å². The Hall–Kier alpha value is -2.54. The van der Waals surface area contributed by atoms with Crippen LogP contribution in [0.2, 0.25) is 5.15 Å². The van der Waals surface area contributed by atoms with Crippen LogP contribution in [-0.4, -0.2) is 31.9 Å². The van der Waals surface area contributed by atoms with Gasteiger partial charge in [0.05, 0.1) is 29.8 Å². The van der Waals surface area contributed by atoms with Crippen molar-refractivity contribution in [3.05, 3.63) is 47.3 Å². The summed E-state index contributed by atoms with van der Waals surface area (Å²) in [7, 11) is 0. The first-order valence-corrected chi connectivity index (χ1v) is 5.42. The molecule has 19 heavy (non-hydrogen) atoms. The van der Waals surface area contributed by atoms with E-state index in [1.165, 1.54) is 30.9 Å². The van der Waals surface area contributed by atoms with E-state index in [4.69, 9.17) is 16.7 Å². The summed E-state index contributed by atoms with van der Waals surface area (Å²) in [5.74, 6) is -1.76. The molecule has 0 unspecified atom stereocenters. The molecule has 8 heteroatoms. The third-order valence-electron chi connectivity index (χ3n) is 2.15. The molecule has 0 saturated carbocycles. The number of amides is 1. The molecule has 0 fully saturated rings. The number of hydrogen-bond donors (Lipinski definition) is 2. The Bertz CT molecular complexity index is 630. The Morgan fingerprint density at radius 2 is 2.00 bits per heavy atom. The Morgan fingerprint density at radius 1 is 1.21 bits per heavy atom. The van der Waals surface area contributed by atoms with E-state index in [0.717, 1.165) is 0 Å². The largest absolute Gasteiger partial charge is 0.478 e. The predicted molar refractivity (Wildman–Crippen MR) is 66.2 cm³/mol. The van der Waals surface area contributed by atoms with Crippen LogP contribution >= 0.6 is 11.6 Å². The van der Waals surface area contributed by atoms with Crippen LogP contribution in [0, 0.1) is 0 Å². The molecular weight excluding hydrogens is 272 g/mol. The molecule has 0 spiro atoms. The molecule has 0 aliphatic heterocycles. The normalized spacial score (nSPS) is 9.95. The smallest absolute Gasteiger partial charge is 0.337 e. The van der Waals surface area contributed by atoms with E-state index in [1.807, 2.05) is 0 Å². The standard InChI is InChI=1S/C11H7ClN4O3/c12-9-5-14-8(4-15-9)10(17)16-7-3-13-2-1-6(7)11(18)19/h1-5H,(H,16,17)(H,18,19). The van der Waals surface area contributed by atoms with Crippen molar-refractivity contribution in [1.29, 1.82) is 0 Å². The lowest BCUT2D eigenvalue weighted by Gasteiger charge is -2.06. The van der Waals surface area contributed by atoms with Crippen LogP contribution in [0.25, 0.3) is 0 Å². The number of carboxylic acid groups (broad SMARTS) is 1. The molecule has 0 saturated heterocycles. The summed E-state index contributed by atoms with van der Waals surface area (Å²) in [4.78, 5) is 34.0. The van der Waals surface area contributed by atoms with Crippen LogP contribution in [0.5, 0.6) is 0 Å². The Morgan fingerprint density at radius 3 is 2.63 bits per heavy atom. The minimum absolute atomic E-state index is 0.0181. The van der Waals surface area contributed by atoms with Gasteiger partial charge in [-0.25, -0.2) is 14.8 Å². The molecular formula is C11H7ClN4O3. The number of nitrogens with one attached hydrogen (secondary N) is 1. The third-order valence-corrected chi connectivity index (χ3v) is 2.35. The number of aromatic carboxylic acids is 1. The number of rotatable bonds is 3. The first kappa shape index (κ1) is 12.9. The predicted octanol–water partition coefficient (Wildman–Crippen LogP) is 1.48. The van der Waals surface area contributed by atoms with E-state index in [2.05, 4.69) is 20.3 Å². The zero-order valence-corrected chi connectivity index (χ0v) is 10.1. The minimum atomic E-state index is -1.17. The maximum Gasteiger partial charge on any atom is 0.337 e. The molecule has 2 aromatic heterocycles. The molecule has 2 heterocycles. The number of hydrogen-bond acceptors (Lipinski definition) is 5. The maximum atomic E-state index is 11.8. The van der Waals surface area contributed by atoms with Crippen molar-refractivity contribution in [3.8, 4) is 0 Å². The summed E-state index contributed by atoms with van der Waals surface area (Å²) in [6.45, 7) is 0. The number of carboxylic acids is 1. The molecule has 0 aliphatic carbocycles. The van der Waals surface area contributed by atoms with Gasteiger partial charge in [0.25, 0.3) is 5.91 Å². The molecule has 96 valence electrons. The van der Waals surface area contributed by atoms with Gasteiger partial charge in [0.15, 0.2) is 0 Å². The van der Waals surface area contributed by atoms with E-state index in [9.17, 15) is 9.59 Å². The molecule has 2 N–H and O–H groups in total. The highest BCUT2D eigenvalue weighted by atomic mass is 35.5. The number of carbonyl (C=O) groups excluding carboxylic acids is 1. The second kappa shape index (κ2) is 5.40. The van der Waals surface area contributed by atoms with E-state index >= 15 is 0 Å². The quantitative estimate of drug-likeness (QED) is 0.881. The van der Waals surface area contributed by atoms with Crippen LogP contribution in [0.15, 0.2) is 30.9 Å². The van der Waals surface area contributed by atoms with Gasteiger partial charge in [-0.05, 0) is 6.07 Å². The molecule has 0 aromatic carbocycles. The number of nitrogens with zero attached hydrogens (tertiary/aromatic N) is 3. The highest BCUT2D eigenvalue weighted by molar-refractivity contribution is 6.29. The number of carbonyl (C=O) groups is 2. The fourth-order valence-corrected chi connectivity index (χ4v) is 1.39. The molecule has 1 amide bonds. The summed E-state index contributed by atoms with van der Waals surface area (Å²) in [5, 5.41) is 11.5. The first-order chi connectivity index (χ1) is 9.08. The van der Waals surface area contributed by atoms with Gasteiger partial charge in [-0.1, -0.05) is 11.6 Å². The first-order valence-electron chi connectivity index (χ1n) is 5.04. The molecule has 7 nitrogen and oxygen atoms in total. The Balaban J connectivity index is 2.24. The van der Waals surface area contributed by atoms with Crippen LogP contribution < -0.4 is 5.32 Å². The van der Waals surface area contributed by atoms with Crippen molar-refractivity contribution < 1.29 is 14.7 Å². The van der Waals surface area contributed by atoms with E-state index < -0.39 is 11.9 Å². The lowest BCUT2D eigenvalue weighted by atomic mass is 10.2. The third kappa shape index (κ3) is 3.02. The maximum absolute atomic E-state index is 11.8. The fourth-order valence-electron chi connectivity index (χ4n) is 1.30. The van der Waals surface area contributed by atoms with Crippen molar-refractivity contribution in [1.82, 2.24) is 15.0 Å². The topological polar surface area (TPSA) is 105 Å². The summed E-state index contributed by atoms with van der Waals surface area (Å²) in [5.41, 5.74) is 0.0339. The summed E-state index contributed by atoms with van der Waals surface area (Å²) in [6.07, 6.45) is 4.97. The SMILES string of the molecule is O=C(Nc1cnccc1C(=O)O)c1cnc(Cl)cn1. The van der Waals surface area contributed by atoms with Crippen LogP contribution in [0.4, 0.5) is 5.69 Å². The minimum Gasteiger partial charge on any atom is -0.478 e. The number of anilines is 1. The van der Waals surface area contributed by atoms with Crippen molar-refractivity contribution in [2.24, 2.45) is 0 Å². The monoisotopic (exact) mass is 278 g/mol. The molecule has 0 atom stereocenters. The molecule has 0 aliphatic rings. The van der Waals surface area contributed by atoms with Crippen LogP contribution in [-0.2, 0) is 0 Å². The Kier molecular flexibility index (Phi) is 3.67. The van der Waals surface area contributed by atoms with Gasteiger partial charge >= 0.3 is 5.97 Å². The number of halogens is 1. The lowest BCUT2D eigenvalue weighted by Crippen LogP contribution is -2.16. The van der Waals surface area contributed by atoms with Gasteiger partial charge in [0.1, 0.15) is 10.8 Å². The highest BCUT2D eigenvalue weighted by Gasteiger charge is 2.14. The summed E-state index contributed by atoms with van der Waals surface area (Å²) >= 11 is 5.55. The lowest BCUT2D eigenvalue weighted by molar-refractivity contribution is 0.0698. The van der Waals surface area contributed by atoms with Gasteiger partial charge in [-0.3, -0.25) is 9.78 Å². The fraction of sp³-hybridized carbons (Fsp3) is 0. The summed E-state index contributed by atoms with van der Waals surface area (Å²) in [6, 6.07) is 1.28. The van der Waals surface area contributed by atoms with E-state index in [0.29, 0.717) is 0 Å². The van der Waals surface area contributed by atoms with E-state index in [1.54, 1.807) is 0 Å². The average molecular weight is 279 g/mol. The van der Waals surface area contributed by atoms with Gasteiger partial charge in [-0.2, -0.15) is 0 Å². The van der Waals surface area contributed by atoms with Crippen molar-refractivity contribution in [3.63, 3.8) is 0 Å². The zero-order valence-electron chi connectivity index (χ0n) is 9.37. The number of aromatic nitrogens is 3. The summed E-state index contributed by atoms with van der Waals surface area (Å²) < 4.78 is 0. The van der Waals surface area contributed by atoms with Crippen LogP contribution in [0.3, 0.4) is 0 Å². The van der Waals surface area contributed by atoms with Crippen molar-refractivity contribution in [2.75, 3.05) is 5.32 Å². The van der Waals surface area contributed by atoms with Gasteiger partial charge in [-0.15, -0.1) is 0 Å². The van der Waals surface area contributed by atoms with Crippen LogP contribution in [0.1, 0.15) is 20.8 Å². The van der Waals surface area contributed by atoms with Crippen molar-refractivity contribution in [2.45, 2.75) is 0 Å². The van der Waals surface area contributed by atoms with E-state index in [-0.39, 0.29) is 22.1 Å². The number of pyridine rings is 1. The molecule has 2 aromatic rings. The van der Waals surface area contributed by atoms with Crippen molar-refractivity contribution >= 4 is 29.2 Å². The second-order valence-electron chi connectivity index (χ2n) is 3.40. The molecule has 2 rings (SSSR count). The second-order valence-corrected chi connectivity index (χ2v) is 3.79.